The summed E-state index contributed by atoms with van der Waals surface area (Å²) in [6, 6.07) is 4.15. The topological polar surface area (TPSA) is 57.6 Å². The van der Waals surface area contributed by atoms with E-state index in [0.29, 0.717) is 10.0 Å². The van der Waals surface area contributed by atoms with Crippen LogP contribution in [0, 0.1) is 5.82 Å². The lowest BCUT2D eigenvalue weighted by Crippen LogP contribution is -2.38. The summed E-state index contributed by atoms with van der Waals surface area (Å²) in [7, 11) is 0. The summed E-state index contributed by atoms with van der Waals surface area (Å²) >= 11 is 3.26. The van der Waals surface area contributed by atoms with Crippen molar-refractivity contribution in [1.29, 1.82) is 0 Å². The fourth-order valence-corrected chi connectivity index (χ4v) is 2.28. The molecule has 0 radical (unpaired) electrons. The summed E-state index contributed by atoms with van der Waals surface area (Å²) in [6.45, 7) is -0.295. The van der Waals surface area contributed by atoms with E-state index < -0.39 is 11.8 Å². The number of hydrogen-bond acceptors (Lipinski definition) is 2. The molecule has 102 valence electrons. The van der Waals surface area contributed by atoms with Gasteiger partial charge in [0.2, 0.25) is 5.91 Å². The fraction of sp³-hybridized carbons (Fsp3) is 0.385. The molecular formula is C13H13BrFNO3. The third-order valence-electron chi connectivity index (χ3n) is 2.96. The molecule has 1 amide bonds. The summed E-state index contributed by atoms with van der Waals surface area (Å²) in [5.74, 6) is -1.73. The molecule has 1 aliphatic carbocycles. The van der Waals surface area contributed by atoms with Crippen LogP contribution in [0.2, 0.25) is 0 Å². The number of carbonyl (C=O) groups excluding carboxylic acids is 1. The Morgan fingerprint density at radius 1 is 1.42 bits per heavy atom. The Bertz CT molecular complexity index is 517. The lowest BCUT2D eigenvalue weighted by molar-refractivity contribution is -0.144. The van der Waals surface area contributed by atoms with Gasteiger partial charge in [-0.2, -0.15) is 0 Å². The molecule has 0 atom stereocenters. The summed E-state index contributed by atoms with van der Waals surface area (Å²) in [4.78, 5) is 24.2. The van der Waals surface area contributed by atoms with E-state index in [-0.39, 0.29) is 24.9 Å². The van der Waals surface area contributed by atoms with Gasteiger partial charge in [-0.15, -0.1) is 0 Å². The number of benzene rings is 1. The highest BCUT2D eigenvalue weighted by molar-refractivity contribution is 9.10. The maximum Gasteiger partial charge on any atom is 0.323 e. The Balaban J connectivity index is 2.10. The van der Waals surface area contributed by atoms with E-state index in [1.807, 2.05) is 0 Å². The van der Waals surface area contributed by atoms with E-state index in [9.17, 15) is 14.0 Å². The van der Waals surface area contributed by atoms with E-state index >= 15 is 0 Å². The van der Waals surface area contributed by atoms with E-state index in [1.165, 1.54) is 23.1 Å². The standard InChI is InChI=1S/C13H13BrFNO3/c14-11-4-1-9(15)5-8(11)6-12(17)16(7-13(18)19)10-2-3-10/h1,4-5,10H,2-3,6-7H2,(H,18,19). The Morgan fingerprint density at radius 2 is 2.11 bits per heavy atom. The van der Waals surface area contributed by atoms with Crippen LogP contribution in [-0.4, -0.2) is 34.5 Å². The van der Waals surface area contributed by atoms with Crippen molar-refractivity contribution in [3.8, 4) is 0 Å². The average molecular weight is 330 g/mol. The normalized spacial score (nSPS) is 14.2. The van der Waals surface area contributed by atoms with E-state index in [0.717, 1.165) is 12.8 Å². The number of carboxylic acid groups (broad SMARTS) is 1. The van der Waals surface area contributed by atoms with Crippen LogP contribution in [0.4, 0.5) is 4.39 Å². The Labute approximate surface area is 118 Å². The van der Waals surface area contributed by atoms with Gasteiger partial charge in [0.15, 0.2) is 0 Å². The highest BCUT2D eigenvalue weighted by Gasteiger charge is 2.33. The number of carboxylic acids is 1. The van der Waals surface area contributed by atoms with Gasteiger partial charge in [-0.1, -0.05) is 15.9 Å². The second-order valence-electron chi connectivity index (χ2n) is 4.56. The van der Waals surface area contributed by atoms with Gasteiger partial charge in [0.1, 0.15) is 12.4 Å². The summed E-state index contributed by atoms with van der Waals surface area (Å²) in [5.41, 5.74) is 0.529. The highest BCUT2D eigenvalue weighted by Crippen LogP contribution is 2.28. The predicted molar refractivity (Wildman–Crippen MR) is 70.2 cm³/mol. The number of rotatable bonds is 5. The maximum atomic E-state index is 13.1. The zero-order valence-electron chi connectivity index (χ0n) is 10.1. The third-order valence-corrected chi connectivity index (χ3v) is 3.74. The van der Waals surface area contributed by atoms with Crippen LogP contribution in [0.15, 0.2) is 22.7 Å². The van der Waals surface area contributed by atoms with Gasteiger partial charge in [-0.25, -0.2) is 4.39 Å². The number of halogens is 2. The first kappa shape index (κ1) is 14.0. The van der Waals surface area contributed by atoms with Crippen LogP contribution < -0.4 is 0 Å². The van der Waals surface area contributed by atoms with Crippen molar-refractivity contribution in [2.75, 3.05) is 6.54 Å². The van der Waals surface area contributed by atoms with Crippen LogP contribution in [0.5, 0.6) is 0 Å². The van der Waals surface area contributed by atoms with Gasteiger partial charge in [0.25, 0.3) is 0 Å². The SMILES string of the molecule is O=C(O)CN(C(=O)Cc1cc(F)ccc1Br)C1CC1. The molecule has 0 unspecified atom stereocenters. The lowest BCUT2D eigenvalue weighted by Gasteiger charge is -2.20. The van der Waals surface area contributed by atoms with E-state index in [1.54, 1.807) is 0 Å². The van der Waals surface area contributed by atoms with Crippen LogP contribution in [0.3, 0.4) is 0 Å². The molecule has 1 fully saturated rings. The first-order valence-corrected chi connectivity index (χ1v) is 6.72. The van der Waals surface area contributed by atoms with Crippen molar-refractivity contribution < 1.29 is 19.1 Å². The second kappa shape index (κ2) is 5.69. The second-order valence-corrected chi connectivity index (χ2v) is 5.41. The van der Waals surface area contributed by atoms with Gasteiger partial charge in [-0.3, -0.25) is 9.59 Å². The molecule has 0 heterocycles. The molecule has 1 aromatic rings. The van der Waals surface area contributed by atoms with E-state index in [4.69, 9.17) is 5.11 Å². The minimum Gasteiger partial charge on any atom is -0.480 e. The van der Waals surface area contributed by atoms with Crippen molar-refractivity contribution in [2.24, 2.45) is 0 Å². The number of carbonyl (C=O) groups is 2. The quantitative estimate of drug-likeness (QED) is 0.901. The fourth-order valence-electron chi connectivity index (χ4n) is 1.90. The monoisotopic (exact) mass is 329 g/mol. The Hall–Kier alpha value is -1.43. The third kappa shape index (κ3) is 3.76. The molecule has 0 bridgehead atoms. The molecule has 1 N–H and O–H groups in total. The molecule has 19 heavy (non-hydrogen) atoms. The molecule has 0 aliphatic heterocycles. The van der Waals surface area contributed by atoms with Crippen LogP contribution in [0.1, 0.15) is 18.4 Å². The van der Waals surface area contributed by atoms with Crippen molar-refractivity contribution in [2.45, 2.75) is 25.3 Å². The van der Waals surface area contributed by atoms with Gasteiger partial charge in [-0.05, 0) is 36.6 Å². The van der Waals surface area contributed by atoms with Crippen molar-refractivity contribution in [3.63, 3.8) is 0 Å². The molecule has 2 rings (SSSR count). The van der Waals surface area contributed by atoms with Gasteiger partial charge in [0, 0.05) is 10.5 Å². The molecular weight excluding hydrogens is 317 g/mol. The zero-order chi connectivity index (χ0) is 14.0. The molecule has 0 saturated heterocycles. The minimum atomic E-state index is -1.03. The number of amides is 1. The van der Waals surface area contributed by atoms with E-state index in [2.05, 4.69) is 15.9 Å². The molecule has 0 aromatic heterocycles. The molecule has 0 spiro atoms. The molecule has 1 saturated carbocycles. The zero-order valence-corrected chi connectivity index (χ0v) is 11.7. The lowest BCUT2D eigenvalue weighted by atomic mass is 10.1. The summed E-state index contributed by atoms with van der Waals surface area (Å²) in [5, 5.41) is 8.81. The number of aliphatic carboxylic acids is 1. The summed E-state index contributed by atoms with van der Waals surface area (Å²) < 4.78 is 13.8. The predicted octanol–water partition coefficient (Wildman–Crippen LogP) is 2.21. The van der Waals surface area contributed by atoms with Gasteiger partial charge >= 0.3 is 5.97 Å². The Morgan fingerprint density at radius 3 is 2.68 bits per heavy atom. The molecule has 1 aromatic carbocycles. The highest BCUT2D eigenvalue weighted by atomic mass is 79.9. The van der Waals surface area contributed by atoms with Crippen molar-refractivity contribution in [1.82, 2.24) is 4.90 Å². The van der Waals surface area contributed by atoms with Crippen LogP contribution in [-0.2, 0) is 16.0 Å². The van der Waals surface area contributed by atoms with Crippen LogP contribution in [0.25, 0.3) is 0 Å². The Kier molecular flexibility index (Phi) is 4.19. The van der Waals surface area contributed by atoms with Crippen molar-refractivity contribution in [3.05, 3.63) is 34.1 Å². The van der Waals surface area contributed by atoms with Gasteiger partial charge in [0.05, 0.1) is 6.42 Å². The maximum absolute atomic E-state index is 13.1. The minimum absolute atomic E-state index is 0.00211. The molecule has 4 nitrogen and oxygen atoms in total. The number of nitrogens with zero attached hydrogens (tertiary/aromatic N) is 1. The number of hydrogen-bond donors (Lipinski definition) is 1. The first-order valence-electron chi connectivity index (χ1n) is 5.92. The largest absolute Gasteiger partial charge is 0.480 e. The summed E-state index contributed by atoms with van der Waals surface area (Å²) in [6.07, 6.45) is 1.68. The molecule has 6 heteroatoms. The van der Waals surface area contributed by atoms with Crippen LogP contribution >= 0.6 is 15.9 Å². The van der Waals surface area contributed by atoms with Crippen molar-refractivity contribution >= 4 is 27.8 Å². The smallest absolute Gasteiger partial charge is 0.323 e. The molecule has 1 aliphatic rings. The van der Waals surface area contributed by atoms with Gasteiger partial charge < -0.3 is 10.0 Å². The first-order chi connectivity index (χ1) is 8.97. The average Bonchev–Trinajstić information content (AvgIpc) is 3.14.